The van der Waals surface area contributed by atoms with Crippen LogP contribution >= 0.6 is 23.2 Å². The standard InChI is InChI=1S/C22H21Cl2N3O4/c1-11-7-12(2)25-21(29)15(11)9-27-5-3-13-17(23)8-14(20(24)19(13)22(27)30)16(10-28)18-4-6-31-26-18/h4,6-8,16,28H,3,5,9-10H2,1-2H3,(H,25,29). The van der Waals surface area contributed by atoms with Gasteiger partial charge >= 0.3 is 0 Å². The topological polar surface area (TPSA) is 99.4 Å². The van der Waals surface area contributed by atoms with Crippen molar-refractivity contribution in [3.8, 4) is 0 Å². The Kier molecular flexibility index (Phi) is 5.92. The molecule has 1 aliphatic rings. The molecule has 7 nitrogen and oxygen atoms in total. The third kappa shape index (κ3) is 3.89. The van der Waals surface area contributed by atoms with Gasteiger partial charge in [-0.3, -0.25) is 9.59 Å². The quantitative estimate of drug-likeness (QED) is 0.604. The van der Waals surface area contributed by atoms with Crippen LogP contribution in [-0.2, 0) is 13.0 Å². The van der Waals surface area contributed by atoms with Crippen LogP contribution < -0.4 is 5.56 Å². The zero-order valence-electron chi connectivity index (χ0n) is 17.0. The van der Waals surface area contributed by atoms with Crippen LogP contribution in [0.2, 0.25) is 10.0 Å². The van der Waals surface area contributed by atoms with Gasteiger partial charge in [0.05, 0.1) is 35.3 Å². The smallest absolute Gasteiger partial charge is 0.256 e. The van der Waals surface area contributed by atoms with Crippen molar-refractivity contribution >= 4 is 29.1 Å². The number of benzene rings is 1. The highest BCUT2D eigenvalue weighted by Crippen LogP contribution is 2.39. The highest BCUT2D eigenvalue weighted by molar-refractivity contribution is 6.37. The molecular formula is C22H21Cl2N3O4. The molecule has 4 rings (SSSR count). The third-order valence-electron chi connectivity index (χ3n) is 5.69. The Labute approximate surface area is 188 Å². The Bertz CT molecular complexity index is 1200. The zero-order valence-corrected chi connectivity index (χ0v) is 18.5. The number of rotatable bonds is 5. The van der Waals surface area contributed by atoms with Gasteiger partial charge in [-0.05, 0) is 49.1 Å². The number of carbonyl (C=O) groups excluding carboxylic acids is 1. The number of aliphatic hydroxyl groups excluding tert-OH is 1. The van der Waals surface area contributed by atoms with Gasteiger partial charge in [0, 0.05) is 28.9 Å². The van der Waals surface area contributed by atoms with Crippen LogP contribution in [0, 0.1) is 13.8 Å². The van der Waals surface area contributed by atoms with E-state index < -0.39 is 5.92 Å². The zero-order chi connectivity index (χ0) is 22.3. The summed E-state index contributed by atoms with van der Waals surface area (Å²) in [4.78, 5) is 30.2. The highest BCUT2D eigenvalue weighted by atomic mass is 35.5. The molecule has 0 saturated carbocycles. The molecule has 1 unspecified atom stereocenters. The molecule has 3 heterocycles. The minimum atomic E-state index is -0.584. The van der Waals surface area contributed by atoms with Crippen molar-refractivity contribution in [2.75, 3.05) is 13.2 Å². The summed E-state index contributed by atoms with van der Waals surface area (Å²) in [6, 6.07) is 5.19. The summed E-state index contributed by atoms with van der Waals surface area (Å²) in [6.07, 6.45) is 1.91. The second-order valence-corrected chi connectivity index (χ2v) is 8.48. The first-order valence-corrected chi connectivity index (χ1v) is 10.6. The normalized spacial score (nSPS) is 14.6. The van der Waals surface area contributed by atoms with Gasteiger partial charge in [0.15, 0.2) is 0 Å². The SMILES string of the molecule is Cc1cc(C)c(CN2CCc3c(Cl)cc(C(CO)c4ccon4)c(Cl)c3C2=O)c(=O)[nH]1. The lowest BCUT2D eigenvalue weighted by molar-refractivity contribution is 0.0726. The number of amides is 1. The van der Waals surface area contributed by atoms with Gasteiger partial charge < -0.3 is 19.5 Å². The number of nitrogens with one attached hydrogen (secondary N) is 1. The van der Waals surface area contributed by atoms with E-state index in [-0.39, 0.29) is 29.6 Å². The van der Waals surface area contributed by atoms with Crippen LogP contribution in [0.1, 0.15) is 49.9 Å². The van der Waals surface area contributed by atoms with Crippen LogP contribution in [0.25, 0.3) is 0 Å². The van der Waals surface area contributed by atoms with Gasteiger partial charge in [-0.1, -0.05) is 28.4 Å². The predicted octanol–water partition coefficient (Wildman–Crippen LogP) is 3.61. The maximum atomic E-state index is 13.4. The molecule has 0 fully saturated rings. The summed E-state index contributed by atoms with van der Waals surface area (Å²) in [7, 11) is 0. The van der Waals surface area contributed by atoms with Crippen molar-refractivity contribution in [1.29, 1.82) is 0 Å². The number of halogens is 2. The summed E-state index contributed by atoms with van der Waals surface area (Å²) in [5.41, 5.74) is 3.88. The van der Waals surface area contributed by atoms with E-state index in [0.29, 0.717) is 45.9 Å². The highest BCUT2D eigenvalue weighted by Gasteiger charge is 2.33. The molecule has 1 aromatic carbocycles. The summed E-state index contributed by atoms with van der Waals surface area (Å²) in [5, 5.41) is 14.5. The van der Waals surface area contributed by atoms with Crippen LogP contribution in [0.15, 0.2) is 33.8 Å². The van der Waals surface area contributed by atoms with Gasteiger partial charge in [0.25, 0.3) is 11.5 Å². The Balaban J connectivity index is 1.75. The molecule has 3 aromatic rings. The van der Waals surface area contributed by atoms with Crippen LogP contribution in [0.3, 0.4) is 0 Å². The Morgan fingerprint density at radius 2 is 2.06 bits per heavy atom. The number of aryl methyl sites for hydroxylation is 2. The molecule has 2 N–H and O–H groups in total. The molecule has 0 bridgehead atoms. The Hall–Kier alpha value is -2.61. The number of hydrogen-bond acceptors (Lipinski definition) is 5. The number of nitrogens with zero attached hydrogens (tertiary/aromatic N) is 2. The van der Waals surface area contributed by atoms with Crippen LogP contribution in [0.5, 0.6) is 0 Å². The van der Waals surface area contributed by atoms with Crippen molar-refractivity contribution in [2.45, 2.75) is 32.7 Å². The molecule has 1 atom stereocenters. The van der Waals surface area contributed by atoms with E-state index in [0.717, 1.165) is 11.3 Å². The van der Waals surface area contributed by atoms with E-state index in [4.69, 9.17) is 27.7 Å². The van der Waals surface area contributed by atoms with Crippen LogP contribution in [0.4, 0.5) is 0 Å². The van der Waals surface area contributed by atoms with Crippen LogP contribution in [-0.4, -0.2) is 39.2 Å². The Morgan fingerprint density at radius 1 is 1.29 bits per heavy atom. The van der Waals surface area contributed by atoms with Crippen molar-refractivity contribution < 1.29 is 14.4 Å². The molecule has 0 radical (unpaired) electrons. The molecule has 162 valence electrons. The number of carbonyl (C=O) groups is 1. The summed E-state index contributed by atoms with van der Waals surface area (Å²) < 4.78 is 4.89. The molecular weight excluding hydrogens is 441 g/mol. The first kappa shape index (κ1) is 21.6. The van der Waals surface area contributed by atoms with Gasteiger partial charge in [-0.2, -0.15) is 0 Å². The minimum Gasteiger partial charge on any atom is -0.395 e. The van der Waals surface area contributed by atoms with E-state index in [1.807, 2.05) is 19.9 Å². The average molecular weight is 462 g/mol. The van der Waals surface area contributed by atoms with E-state index in [1.165, 1.54) is 6.26 Å². The van der Waals surface area contributed by atoms with Gasteiger partial charge in [0.2, 0.25) is 0 Å². The van der Waals surface area contributed by atoms with E-state index in [1.54, 1.807) is 17.0 Å². The maximum Gasteiger partial charge on any atom is 0.256 e. The summed E-state index contributed by atoms with van der Waals surface area (Å²) >= 11 is 13.2. The Morgan fingerprint density at radius 3 is 2.71 bits per heavy atom. The average Bonchev–Trinajstić information content (AvgIpc) is 3.24. The second-order valence-electron chi connectivity index (χ2n) is 7.69. The van der Waals surface area contributed by atoms with Crippen molar-refractivity contribution in [2.24, 2.45) is 0 Å². The van der Waals surface area contributed by atoms with Gasteiger partial charge in [0.1, 0.15) is 6.26 Å². The van der Waals surface area contributed by atoms with E-state index >= 15 is 0 Å². The summed E-state index contributed by atoms with van der Waals surface area (Å²) in [6.45, 7) is 3.98. The molecule has 1 aliphatic heterocycles. The van der Waals surface area contributed by atoms with E-state index in [2.05, 4.69) is 10.1 Å². The molecule has 31 heavy (non-hydrogen) atoms. The largest absolute Gasteiger partial charge is 0.395 e. The number of H-pyrrole nitrogens is 1. The van der Waals surface area contributed by atoms with Crippen molar-refractivity contribution in [3.63, 3.8) is 0 Å². The lowest BCUT2D eigenvalue weighted by Crippen LogP contribution is -2.39. The fourth-order valence-electron chi connectivity index (χ4n) is 4.08. The molecule has 0 saturated heterocycles. The van der Waals surface area contributed by atoms with Crippen molar-refractivity contribution in [1.82, 2.24) is 15.0 Å². The molecule has 1 amide bonds. The predicted molar refractivity (Wildman–Crippen MR) is 117 cm³/mol. The molecule has 2 aromatic heterocycles. The van der Waals surface area contributed by atoms with Crippen molar-refractivity contribution in [3.05, 3.63) is 84.1 Å². The maximum absolute atomic E-state index is 13.4. The fourth-order valence-corrected chi connectivity index (χ4v) is 4.77. The lowest BCUT2D eigenvalue weighted by Gasteiger charge is -2.31. The molecule has 0 spiro atoms. The number of pyridine rings is 1. The molecule has 9 heteroatoms. The third-order valence-corrected chi connectivity index (χ3v) is 6.44. The number of aromatic amines is 1. The van der Waals surface area contributed by atoms with Gasteiger partial charge in [-0.15, -0.1) is 0 Å². The number of hydrogen-bond donors (Lipinski definition) is 2. The number of fused-ring (bicyclic) bond motifs is 1. The van der Waals surface area contributed by atoms with E-state index in [9.17, 15) is 14.7 Å². The number of aliphatic hydroxyl groups is 1. The molecule has 0 aliphatic carbocycles. The minimum absolute atomic E-state index is 0.171. The lowest BCUT2D eigenvalue weighted by atomic mass is 9.89. The first-order chi connectivity index (χ1) is 14.8. The summed E-state index contributed by atoms with van der Waals surface area (Å²) in [5.74, 6) is -0.884. The first-order valence-electron chi connectivity index (χ1n) is 9.82. The number of aromatic nitrogens is 2. The second kappa shape index (κ2) is 8.49. The monoisotopic (exact) mass is 461 g/mol. The van der Waals surface area contributed by atoms with Gasteiger partial charge in [-0.25, -0.2) is 0 Å². The fraction of sp³-hybridized carbons (Fsp3) is 0.318.